The molecule has 0 fully saturated rings. The Kier molecular flexibility index (Phi) is 5.87. The summed E-state index contributed by atoms with van der Waals surface area (Å²) >= 11 is 0. The summed E-state index contributed by atoms with van der Waals surface area (Å²) in [4.78, 5) is 0. The molecule has 0 bridgehead atoms. The molecule has 0 aromatic rings. The van der Waals surface area contributed by atoms with Crippen LogP contribution in [0.3, 0.4) is 0 Å². The van der Waals surface area contributed by atoms with Crippen LogP contribution < -0.4 is 0 Å². The number of hydrogen-bond donors (Lipinski definition) is 0. The molecule has 0 heterocycles. The quantitative estimate of drug-likeness (QED) is 0.461. The molecule has 0 aliphatic heterocycles. The molecule has 22 heavy (non-hydrogen) atoms. The van der Waals surface area contributed by atoms with Gasteiger partial charge >= 0.3 is 0 Å². The zero-order valence-electron chi connectivity index (χ0n) is 18.4. The molecule has 0 atom stereocenters. The van der Waals surface area contributed by atoms with Crippen LogP contribution in [0, 0.1) is 16.2 Å². The Morgan fingerprint density at radius 1 is 0.318 bits per heavy atom. The Balaban J connectivity index is 6.53. The van der Waals surface area contributed by atoms with Gasteiger partial charge in [-0.15, -0.1) is 0 Å². The Bertz CT molecular complexity index is 316. The van der Waals surface area contributed by atoms with Crippen LogP contribution in [0.25, 0.3) is 0 Å². The minimum absolute atomic E-state index is 0.255. The molecule has 0 amide bonds. The molecule has 1 heteroatoms. The van der Waals surface area contributed by atoms with Crippen molar-refractivity contribution in [1.29, 1.82) is 0 Å². The van der Waals surface area contributed by atoms with E-state index < -0.39 is 0 Å². The van der Waals surface area contributed by atoms with Crippen LogP contribution in [0.15, 0.2) is 0 Å². The third-order valence-corrected chi connectivity index (χ3v) is 12.5. The first-order valence-corrected chi connectivity index (χ1v) is 10.3. The maximum Gasteiger partial charge on any atom is -0.00926 e. The highest BCUT2D eigenvalue weighted by Crippen LogP contribution is 2.77. The molecule has 0 nitrogen and oxygen atoms in total. The molecular weight excluding hydrogens is 283 g/mol. The van der Waals surface area contributed by atoms with Gasteiger partial charge in [-0.1, -0.05) is 112 Å². The van der Waals surface area contributed by atoms with Crippen molar-refractivity contribution in [2.45, 2.75) is 119 Å². The van der Waals surface area contributed by atoms with E-state index in [9.17, 15) is 0 Å². The summed E-state index contributed by atoms with van der Waals surface area (Å²) in [5, 5.41) is 0.904. The molecule has 0 aromatic heterocycles. The Morgan fingerprint density at radius 2 is 0.455 bits per heavy atom. The molecule has 0 saturated carbocycles. The Labute approximate surface area is 144 Å². The largest absolute Gasteiger partial charge is 0.0877 e. The molecule has 0 N–H and O–H groups in total. The highest BCUT2D eigenvalue weighted by molar-refractivity contribution is 7.62. The van der Waals surface area contributed by atoms with E-state index in [0.717, 1.165) is 0 Å². The van der Waals surface area contributed by atoms with Crippen molar-refractivity contribution in [3.63, 3.8) is 0 Å². The zero-order valence-corrected chi connectivity index (χ0v) is 19.3. The van der Waals surface area contributed by atoms with Gasteiger partial charge in [0, 0.05) is 0 Å². The fourth-order valence-corrected chi connectivity index (χ4v) is 9.31. The van der Waals surface area contributed by atoms with Crippen molar-refractivity contribution in [2.24, 2.45) is 16.2 Å². The van der Waals surface area contributed by atoms with E-state index >= 15 is 0 Å². The van der Waals surface area contributed by atoms with Gasteiger partial charge in [0.2, 0.25) is 0 Å². The summed E-state index contributed by atoms with van der Waals surface area (Å²) in [7, 11) is -0.255. The zero-order chi connectivity index (χ0) is 18.6. The van der Waals surface area contributed by atoms with Gasteiger partial charge in [0.05, 0.1) is 0 Å². The van der Waals surface area contributed by atoms with Crippen molar-refractivity contribution >= 4 is 7.92 Å². The van der Waals surface area contributed by atoms with Crippen LogP contribution in [0.4, 0.5) is 0 Å². The summed E-state index contributed by atoms with van der Waals surface area (Å²) < 4.78 is 0. The number of hydrogen-bond acceptors (Lipinski definition) is 0. The first kappa shape index (κ1) is 22.4. The SMILES string of the molecule is CC(C)(C)C(C)(C)P(C(C)(C)C(C)(C)C)C(C)(C)C(C)(C)C. The summed E-state index contributed by atoms with van der Waals surface area (Å²) in [6.07, 6.45) is 0. The van der Waals surface area contributed by atoms with Crippen molar-refractivity contribution < 1.29 is 0 Å². The lowest BCUT2D eigenvalue weighted by atomic mass is 9.80. The van der Waals surface area contributed by atoms with Crippen molar-refractivity contribution in [3.05, 3.63) is 0 Å². The minimum atomic E-state index is -0.255. The van der Waals surface area contributed by atoms with Crippen LogP contribution >= 0.6 is 7.92 Å². The molecule has 0 aromatic carbocycles. The fourth-order valence-electron chi connectivity index (χ4n) is 3.10. The summed E-state index contributed by atoms with van der Waals surface area (Å²) in [6, 6.07) is 0. The Hall–Kier alpha value is 0.430. The smallest absolute Gasteiger partial charge is 0.00926 e. The van der Waals surface area contributed by atoms with Crippen molar-refractivity contribution in [1.82, 2.24) is 0 Å². The second-order valence-electron chi connectivity index (χ2n) is 11.8. The lowest BCUT2D eigenvalue weighted by Crippen LogP contribution is -2.54. The van der Waals surface area contributed by atoms with E-state index in [1.54, 1.807) is 0 Å². The average molecular weight is 329 g/mol. The highest BCUT2D eigenvalue weighted by atomic mass is 31.1. The van der Waals surface area contributed by atoms with Crippen LogP contribution in [0.2, 0.25) is 0 Å². The van der Waals surface area contributed by atoms with E-state index in [0.29, 0.717) is 31.7 Å². The summed E-state index contributed by atoms with van der Waals surface area (Å²) in [6.45, 7) is 37.0. The average Bonchev–Trinajstić information content (AvgIpc) is 2.09. The van der Waals surface area contributed by atoms with Gasteiger partial charge in [-0.3, -0.25) is 0 Å². The van der Waals surface area contributed by atoms with Gasteiger partial charge < -0.3 is 0 Å². The van der Waals surface area contributed by atoms with Gasteiger partial charge in [0.15, 0.2) is 0 Å². The molecule has 0 radical (unpaired) electrons. The van der Waals surface area contributed by atoms with Crippen LogP contribution in [0.1, 0.15) is 104 Å². The van der Waals surface area contributed by atoms with Crippen LogP contribution in [-0.2, 0) is 0 Å². The predicted octanol–water partition coefficient (Wildman–Crippen LogP) is 7.94. The number of rotatable bonds is 3. The second-order valence-corrected chi connectivity index (χ2v) is 15.8. The maximum atomic E-state index is 2.53. The van der Waals surface area contributed by atoms with Gasteiger partial charge in [-0.05, 0) is 31.7 Å². The second kappa shape index (κ2) is 5.75. The van der Waals surface area contributed by atoms with E-state index in [1.807, 2.05) is 0 Å². The van der Waals surface area contributed by atoms with Crippen molar-refractivity contribution in [3.8, 4) is 0 Å². The van der Waals surface area contributed by atoms with Crippen molar-refractivity contribution in [2.75, 3.05) is 0 Å². The van der Waals surface area contributed by atoms with Gasteiger partial charge in [-0.25, -0.2) is 0 Å². The van der Waals surface area contributed by atoms with E-state index in [-0.39, 0.29) is 7.92 Å². The van der Waals surface area contributed by atoms with Gasteiger partial charge in [-0.2, -0.15) is 0 Å². The summed E-state index contributed by atoms with van der Waals surface area (Å²) in [5.74, 6) is 0. The molecule has 134 valence electrons. The molecule has 0 aliphatic rings. The first-order valence-electron chi connectivity index (χ1n) is 8.92. The van der Waals surface area contributed by atoms with Gasteiger partial charge in [0.25, 0.3) is 0 Å². The first-order chi connectivity index (χ1) is 9.12. The third kappa shape index (κ3) is 3.74. The lowest BCUT2D eigenvalue weighted by molar-refractivity contribution is 0.243. The molecule has 0 unspecified atom stereocenters. The Morgan fingerprint density at radius 3 is 0.545 bits per heavy atom. The molecule has 0 saturated heterocycles. The van der Waals surface area contributed by atoms with E-state index in [1.165, 1.54) is 0 Å². The molecule has 0 rings (SSSR count). The fraction of sp³-hybridized carbons (Fsp3) is 1.00. The minimum Gasteiger partial charge on any atom is -0.0877 e. The normalized spacial score (nSPS) is 16.4. The topological polar surface area (TPSA) is 0 Å². The highest BCUT2D eigenvalue weighted by Gasteiger charge is 2.58. The van der Waals surface area contributed by atoms with E-state index in [4.69, 9.17) is 0 Å². The van der Waals surface area contributed by atoms with Crippen LogP contribution in [0.5, 0.6) is 0 Å². The molecule has 0 spiro atoms. The third-order valence-electron chi connectivity index (χ3n) is 7.18. The molecule has 0 aliphatic carbocycles. The lowest BCUT2D eigenvalue weighted by Gasteiger charge is -2.64. The maximum absolute atomic E-state index is 2.53. The predicted molar refractivity (Wildman–Crippen MR) is 108 cm³/mol. The van der Waals surface area contributed by atoms with Crippen LogP contribution in [-0.4, -0.2) is 15.5 Å². The summed E-state index contributed by atoms with van der Waals surface area (Å²) in [5.41, 5.74) is 0.886. The van der Waals surface area contributed by atoms with E-state index in [2.05, 4.69) is 104 Å². The molecular formula is C21H45P. The standard InChI is InChI=1S/C21H45P/c1-16(2,3)19(10,11)22(20(12,13)17(4,5)6)21(14,15)18(7,8)9/h1-15H3. The monoisotopic (exact) mass is 328 g/mol. The van der Waals surface area contributed by atoms with Gasteiger partial charge in [0.1, 0.15) is 0 Å².